The van der Waals surface area contributed by atoms with Crippen molar-refractivity contribution in [3.8, 4) is 18.1 Å². The van der Waals surface area contributed by atoms with Crippen molar-refractivity contribution in [2.45, 2.75) is 0 Å². The zero-order valence-electron chi connectivity index (χ0n) is 17.3. The van der Waals surface area contributed by atoms with Crippen molar-refractivity contribution < 1.29 is 14.3 Å². The second kappa shape index (κ2) is 9.94. The fraction of sp³-hybridized carbons (Fsp3) is 0.125. The second-order valence-electron chi connectivity index (χ2n) is 6.66. The first kappa shape index (κ1) is 21.4. The SMILES string of the molecule is C#Cc1cccc(NC(=O)CN(C)C(=O)c2cccnc2Nc2ccccc2OC)c1. The molecule has 0 saturated heterocycles. The van der Waals surface area contributed by atoms with Gasteiger partial charge in [0.15, 0.2) is 0 Å². The number of pyridine rings is 1. The molecule has 0 aliphatic heterocycles. The monoisotopic (exact) mass is 414 g/mol. The van der Waals surface area contributed by atoms with Crippen LogP contribution in [0.2, 0.25) is 0 Å². The van der Waals surface area contributed by atoms with Crippen molar-refractivity contribution in [1.82, 2.24) is 9.88 Å². The first-order valence-electron chi connectivity index (χ1n) is 9.49. The van der Waals surface area contributed by atoms with Crippen molar-refractivity contribution in [3.05, 3.63) is 78.0 Å². The van der Waals surface area contributed by atoms with Gasteiger partial charge in [0.25, 0.3) is 5.91 Å². The number of para-hydroxylation sites is 2. The number of terminal acetylenes is 1. The molecule has 0 unspecified atom stereocenters. The molecule has 3 aromatic rings. The molecule has 0 aliphatic carbocycles. The van der Waals surface area contributed by atoms with Crippen LogP contribution in [-0.4, -0.2) is 42.4 Å². The molecular formula is C24H22N4O3. The van der Waals surface area contributed by atoms with Gasteiger partial charge in [-0.25, -0.2) is 4.98 Å². The van der Waals surface area contributed by atoms with E-state index >= 15 is 0 Å². The van der Waals surface area contributed by atoms with E-state index in [9.17, 15) is 9.59 Å². The van der Waals surface area contributed by atoms with Gasteiger partial charge in [0, 0.05) is 24.5 Å². The minimum absolute atomic E-state index is 0.137. The molecule has 7 heteroatoms. The molecule has 0 spiro atoms. The number of likely N-dealkylation sites (N-methyl/N-ethyl adjacent to an activating group) is 1. The Morgan fingerprint density at radius 1 is 1.13 bits per heavy atom. The molecule has 0 aliphatic rings. The largest absolute Gasteiger partial charge is 0.495 e. The van der Waals surface area contributed by atoms with E-state index in [0.717, 1.165) is 0 Å². The Hall–Kier alpha value is -4.31. The van der Waals surface area contributed by atoms with Crippen LogP contribution in [0.25, 0.3) is 0 Å². The Morgan fingerprint density at radius 3 is 2.71 bits per heavy atom. The summed E-state index contributed by atoms with van der Waals surface area (Å²) in [5.74, 6) is 2.81. The van der Waals surface area contributed by atoms with Crippen LogP contribution in [0, 0.1) is 12.3 Å². The fourth-order valence-corrected chi connectivity index (χ4v) is 2.93. The summed E-state index contributed by atoms with van der Waals surface area (Å²) in [7, 11) is 3.12. The lowest BCUT2D eigenvalue weighted by Gasteiger charge is -2.19. The summed E-state index contributed by atoms with van der Waals surface area (Å²) >= 11 is 0. The number of nitrogens with zero attached hydrogens (tertiary/aromatic N) is 2. The number of rotatable bonds is 7. The van der Waals surface area contributed by atoms with E-state index in [-0.39, 0.29) is 18.4 Å². The zero-order chi connectivity index (χ0) is 22.2. The Morgan fingerprint density at radius 2 is 1.94 bits per heavy atom. The van der Waals surface area contributed by atoms with Gasteiger partial charge in [-0.1, -0.05) is 24.1 Å². The van der Waals surface area contributed by atoms with Crippen molar-refractivity contribution in [1.29, 1.82) is 0 Å². The topological polar surface area (TPSA) is 83.6 Å². The number of benzene rings is 2. The summed E-state index contributed by atoms with van der Waals surface area (Å²) in [6.45, 7) is -0.137. The van der Waals surface area contributed by atoms with Crippen LogP contribution in [0.1, 0.15) is 15.9 Å². The number of aromatic nitrogens is 1. The second-order valence-corrected chi connectivity index (χ2v) is 6.66. The van der Waals surface area contributed by atoms with E-state index in [2.05, 4.69) is 21.5 Å². The number of amides is 2. The number of hydrogen-bond acceptors (Lipinski definition) is 5. The number of carbonyl (C=O) groups excluding carboxylic acids is 2. The van der Waals surface area contributed by atoms with Crippen LogP contribution in [0.15, 0.2) is 66.9 Å². The van der Waals surface area contributed by atoms with E-state index in [1.54, 1.807) is 62.8 Å². The van der Waals surface area contributed by atoms with Gasteiger partial charge in [0.05, 0.1) is 24.9 Å². The lowest BCUT2D eigenvalue weighted by molar-refractivity contribution is -0.116. The maximum absolute atomic E-state index is 13.0. The third-order valence-corrected chi connectivity index (χ3v) is 4.44. The van der Waals surface area contributed by atoms with Crippen LogP contribution >= 0.6 is 0 Å². The Labute approximate surface area is 181 Å². The third-order valence-electron chi connectivity index (χ3n) is 4.44. The van der Waals surface area contributed by atoms with Crippen molar-refractivity contribution in [2.24, 2.45) is 0 Å². The van der Waals surface area contributed by atoms with Crippen LogP contribution in [0.5, 0.6) is 5.75 Å². The number of ether oxygens (including phenoxy) is 1. The van der Waals surface area contributed by atoms with E-state index < -0.39 is 0 Å². The smallest absolute Gasteiger partial charge is 0.257 e. The molecule has 1 heterocycles. The van der Waals surface area contributed by atoms with Crippen LogP contribution in [0.4, 0.5) is 17.2 Å². The molecule has 7 nitrogen and oxygen atoms in total. The summed E-state index contributed by atoms with van der Waals surface area (Å²) in [6, 6.07) is 17.6. The number of carbonyl (C=O) groups is 2. The van der Waals surface area contributed by atoms with E-state index in [1.807, 2.05) is 18.2 Å². The molecule has 156 valence electrons. The van der Waals surface area contributed by atoms with Crippen LogP contribution in [-0.2, 0) is 4.79 Å². The molecule has 3 rings (SSSR count). The van der Waals surface area contributed by atoms with Gasteiger partial charge >= 0.3 is 0 Å². The molecule has 0 fully saturated rings. The van der Waals surface area contributed by atoms with Crippen LogP contribution in [0.3, 0.4) is 0 Å². The third kappa shape index (κ3) is 5.40. The number of nitrogens with one attached hydrogen (secondary N) is 2. The van der Waals surface area contributed by atoms with E-state index in [4.69, 9.17) is 11.2 Å². The maximum Gasteiger partial charge on any atom is 0.257 e. The molecule has 0 radical (unpaired) electrons. The Balaban J connectivity index is 1.72. The number of anilines is 3. The summed E-state index contributed by atoms with van der Waals surface area (Å²) in [5, 5.41) is 5.88. The molecule has 2 amide bonds. The normalized spacial score (nSPS) is 9.97. The average molecular weight is 414 g/mol. The van der Waals surface area contributed by atoms with Gasteiger partial charge in [-0.3, -0.25) is 9.59 Å². The van der Waals surface area contributed by atoms with E-state index in [0.29, 0.717) is 34.1 Å². The molecule has 2 N–H and O–H groups in total. The standard InChI is InChI=1S/C24H22N4O3/c1-4-17-9-7-10-18(15-17)26-22(29)16-28(2)24(30)19-11-8-14-25-23(19)27-20-12-5-6-13-21(20)31-3/h1,5-15H,16H2,2-3H3,(H,25,27)(H,26,29). The van der Waals surface area contributed by atoms with Crippen molar-refractivity contribution in [2.75, 3.05) is 31.3 Å². The molecule has 0 atom stereocenters. The number of methoxy groups -OCH3 is 1. The Kier molecular flexibility index (Phi) is 6.86. The first-order valence-corrected chi connectivity index (χ1v) is 9.49. The average Bonchev–Trinajstić information content (AvgIpc) is 2.79. The van der Waals surface area contributed by atoms with Gasteiger partial charge in [-0.2, -0.15) is 0 Å². The highest BCUT2D eigenvalue weighted by Gasteiger charge is 2.19. The molecule has 0 saturated carbocycles. The van der Waals surface area contributed by atoms with Crippen molar-refractivity contribution in [3.63, 3.8) is 0 Å². The van der Waals surface area contributed by atoms with Gasteiger partial charge in [-0.15, -0.1) is 6.42 Å². The highest BCUT2D eigenvalue weighted by atomic mass is 16.5. The molecule has 2 aromatic carbocycles. The molecule has 31 heavy (non-hydrogen) atoms. The molecular weight excluding hydrogens is 392 g/mol. The first-order chi connectivity index (χ1) is 15.0. The predicted octanol–water partition coefficient (Wildman–Crippen LogP) is 3.53. The van der Waals surface area contributed by atoms with Gasteiger partial charge < -0.3 is 20.3 Å². The van der Waals surface area contributed by atoms with E-state index in [1.165, 1.54) is 4.90 Å². The predicted molar refractivity (Wildman–Crippen MR) is 120 cm³/mol. The zero-order valence-corrected chi connectivity index (χ0v) is 17.3. The van der Waals surface area contributed by atoms with Crippen LogP contribution < -0.4 is 15.4 Å². The minimum atomic E-state index is -0.349. The lowest BCUT2D eigenvalue weighted by Crippen LogP contribution is -2.35. The Bertz CT molecular complexity index is 1140. The van der Waals surface area contributed by atoms with Gasteiger partial charge in [-0.05, 0) is 42.5 Å². The number of hydrogen-bond donors (Lipinski definition) is 2. The maximum atomic E-state index is 13.0. The van der Waals surface area contributed by atoms with Gasteiger partial charge in [0.2, 0.25) is 5.91 Å². The minimum Gasteiger partial charge on any atom is -0.495 e. The highest BCUT2D eigenvalue weighted by Crippen LogP contribution is 2.27. The summed E-state index contributed by atoms with van der Waals surface area (Å²) in [4.78, 5) is 31.0. The quantitative estimate of drug-likeness (QED) is 0.578. The molecule has 1 aromatic heterocycles. The van der Waals surface area contributed by atoms with Gasteiger partial charge in [0.1, 0.15) is 11.6 Å². The molecule has 0 bridgehead atoms. The fourth-order valence-electron chi connectivity index (χ4n) is 2.93. The summed E-state index contributed by atoms with van der Waals surface area (Å²) in [6.07, 6.45) is 6.97. The summed E-state index contributed by atoms with van der Waals surface area (Å²) < 4.78 is 5.34. The van der Waals surface area contributed by atoms with Crippen molar-refractivity contribution >= 4 is 29.0 Å². The highest BCUT2D eigenvalue weighted by molar-refractivity contribution is 6.02. The summed E-state index contributed by atoms with van der Waals surface area (Å²) in [5.41, 5.74) is 2.23. The lowest BCUT2D eigenvalue weighted by atomic mass is 10.2.